The van der Waals surface area contributed by atoms with Crippen molar-refractivity contribution in [2.24, 2.45) is 0 Å². The van der Waals surface area contributed by atoms with Crippen LogP contribution in [0.15, 0.2) is 0 Å². The highest BCUT2D eigenvalue weighted by Crippen LogP contribution is 2.21. The van der Waals surface area contributed by atoms with Crippen LogP contribution in [0.2, 0.25) is 5.31 Å². The number of hydrogen-bond donors (Lipinski definition) is 1. The van der Waals surface area contributed by atoms with Gasteiger partial charge in [-0.1, -0.05) is 20.8 Å². The van der Waals surface area contributed by atoms with Gasteiger partial charge in [0, 0.05) is 0 Å². The molecule has 0 heterocycles. The Balaban J connectivity index is 4.07. The molecule has 53 valence electrons. The Morgan fingerprint density at radius 1 is 1.33 bits per heavy atom. The lowest BCUT2D eigenvalue weighted by atomic mass is 9.73. The first-order valence-electron chi connectivity index (χ1n) is 2.54. The van der Waals surface area contributed by atoms with E-state index in [9.17, 15) is 8.42 Å². The predicted molar refractivity (Wildman–Crippen MR) is 37.0 cm³/mol. The Bertz CT molecular complexity index is 176. The van der Waals surface area contributed by atoms with Crippen molar-refractivity contribution < 1.29 is 13.0 Å². The van der Waals surface area contributed by atoms with Crippen molar-refractivity contribution in [3.63, 3.8) is 0 Å². The third-order valence-electron chi connectivity index (χ3n) is 0.502. The van der Waals surface area contributed by atoms with Crippen LogP contribution in [0.4, 0.5) is 0 Å². The quantitative estimate of drug-likeness (QED) is 0.441. The molecule has 5 heteroatoms. The molecule has 0 aromatic rings. The highest BCUT2D eigenvalue weighted by atomic mass is 32.2. The van der Waals surface area contributed by atoms with Gasteiger partial charge in [0.25, 0.3) is 0 Å². The summed E-state index contributed by atoms with van der Waals surface area (Å²) >= 11 is 0. The Morgan fingerprint density at radius 3 is 1.67 bits per heavy atom. The fourth-order valence-corrected chi connectivity index (χ4v) is 1.34. The molecule has 0 saturated heterocycles. The van der Waals surface area contributed by atoms with Gasteiger partial charge in [-0.2, -0.15) is 0 Å². The van der Waals surface area contributed by atoms with E-state index in [-0.39, 0.29) is 0 Å². The molecule has 1 N–H and O–H groups in total. The largest absolute Gasteiger partial charge is 0.323 e. The maximum Gasteiger partial charge on any atom is 0.323 e. The summed E-state index contributed by atoms with van der Waals surface area (Å²) in [5, 5.41) is -0.479. The van der Waals surface area contributed by atoms with Crippen molar-refractivity contribution in [1.82, 2.24) is 0 Å². The average Bonchev–Trinajstić information content (AvgIpc) is 1.14. The Hall–Kier alpha value is -0.0251. The fourth-order valence-electron chi connectivity index (χ4n) is 0.447. The molecule has 0 bridgehead atoms. The maximum absolute atomic E-state index is 10.1. The van der Waals surface area contributed by atoms with Crippen molar-refractivity contribution in [2.45, 2.75) is 26.1 Å². The van der Waals surface area contributed by atoms with Gasteiger partial charge in [0.1, 0.15) is 0 Å². The van der Waals surface area contributed by atoms with Gasteiger partial charge in [0.2, 0.25) is 9.97 Å². The first-order valence-corrected chi connectivity index (χ1v) is 4.04. The van der Waals surface area contributed by atoms with Crippen molar-refractivity contribution in [3.8, 4) is 0 Å². The smallest absolute Gasteiger partial charge is 0.295 e. The Kier molecular flexibility index (Phi) is 2.30. The zero-order valence-corrected chi connectivity index (χ0v) is 6.57. The van der Waals surface area contributed by atoms with Crippen LogP contribution < -0.4 is 0 Å². The lowest BCUT2D eigenvalue weighted by Gasteiger charge is -2.12. The molecule has 0 aromatic heterocycles. The second-order valence-electron chi connectivity index (χ2n) is 3.00. The lowest BCUT2D eigenvalue weighted by molar-refractivity contribution is 0.498. The van der Waals surface area contributed by atoms with Crippen LogP contribution >= 0.6 is 0 Å². The first kappa shape index (κ1) is 8.97. The summed E-state index contributed by atoms with van der Waals surface area (Å²) in [6.45, 7) is 5.99. The van der Waals surface area contributed by atoms with Crippen LogP contribution in [0.1, 0.15) is 20.8 Å². The van der Waals surface area contributed by atoms with E-state index in [0.29, 0.717) is 0 Å². The third-order valence-corrected chi connectivity index (χ3v) is 1.51. The average molecular weight is 149 g/mol. The minimum Gasteiger partial charge on any atom is -0.295 e. The second kappa shape index (κ2) is 2.30. The van der Waals surface area contributed by atoms with Crippen LogP contribution in [0.3, 0.4) is 0 Å². The van der Waals surface area contributed by atoms with E-state index in [4.69, 9.17) is 4.55 Å². The van der Waals surface area contributed by atoms with E-state index in [1.807, 2.05) is 0 Å². The fraction of sp³-hybridized carbons (Fsp3) is 1.00. The molecule has 0 unspecified atom stereocenters. The first-order chi connectivity index (χ1) is 3.71. The highest BCUT2D eigenvalue weighted by molar-refractivity contribution is 8.11. The molecule has 0 rings (SSSR count). The van der Waals surface area contributed by atoms with Gasteiger partial charge in [-0.05, 0) is 5.31 Å². The van der Waals surface area contributed by atoms with E-state index in [1.54, 1.807) is 20.8 Å². The van der Waals surface area contributed by atoms with Crippen molar-refractivity contribution >= 4 is 16.5 Å². The van der Waals surface area contributed by atoms with E-state index in [1.165, 1.54) is 0 Å². The molecule has 3 nitrogen and oxygen atoms in total. The van der Waals surface area contributed by atoms with Crippen LogP contribution in [0.25, 0.3) is 0 Å². The van der Waals surface area contributed by atoms with E-state index < -0.39 is 15.3 Å². The maximum atomic E-state index is 10.1. The minimum absolute atomic E-state index is 0.479. The normalized spacial score (nSPS) is 13.3. The molecule has 0 amide bonds. The van der Waals surface area contributed by atoms with Gasteiger partial charge in [-0.25, -0.2) is 8.42 Å². The standard InChI is InChI=1S/C4H10BO3S/c1-4(2,3)5-9(6,7)8/h1-3H3,(H,6,7,8). The third kappa shape index (κ3) is 7.97. The molecule has 0 saturated carbocycles. The van der Waals surface area contributed by atoms with Crippen LogP contribution in [0, 0.1) is 0 Å². The monoisotopic (exact) mass is 149 g/mol. The summed E-state index contributed by atoms with van der Waals surface area (Å²) in [7, 11) is -3.91. The molecule has 0 aliphatic rings. The van der Waals surface area contributed by atoms with Crippen molar-refractivity contribution in [1.29, 1.82) is 0 Å². The van der Waals surface area contributed by atoms with E-state index in [0.717, 1.165) is 6.56 Å². The summed E-state index contributed by atoms with van der Waals surface area (Å²) in [4.78, 5) is 0. The molecule has 0 spiro atoms. The number of hydrogen-bond acceptors (Lipinski definition) is 2. The van der Waals surface area contributed by atoms with Gasteiger partial charge < -0.3 is 0 Å². The molecule has 0 atom stereocenters. The summed E-state index contributed by atoms with van der Waals surface area (Å²) in [5.74, 6) is 0. The molecular weight excluding hydrogens is 139 g/mol. The summed E-state index contributed by atoms with van der Waals surface area (Å²) in [5.41, 5.74) is 0. The number of rotatable bonds is 1. The van der Waals surface area contributed by atoms with Gasteiger partial charge >= 0.3 is 6.56 Å². The molecular formula is C4H10BO3S. The predicted octanol–water partition coefficient (Wildman–Crippen LogP) is 0.712. The zero-order chi connectivity index (χ0) is 7.71. The minimum atomic E-state index is -3.91. The molecule has 1 radical (unpaired) electrons. The molecule has 0 aromatic carbocycles. The summed E-state index contributed by atoms with van der Waals surface area (Å²) in [6, 6.07) is 0. The second-order valence-corrected chi connectivity index (χ2v) is 4.26. The molecule has 9 heavy (non-hydrogen) atoms. The molecule has 0 aliphatic heterocycles. The van der Waals surface area contributed by atoms with E-state index >= 15 is 0 Å². The zero-order valence-electron chi connectivity index (χ0n) is 5.75. The molecule has 0 aliphatic carbocycles. The van der Waals surface area contributed by atoms with Crippen LogP contribution in [0.5, 0.6) is 0 Å². The van der Waals surface area contributed by atoms with Gasteiger partial charge in [0.15, 0.2) is 0 Å². The summed E-state index contributed by atoms with van der Waals surface area (Å²) < 4.78 is 28.6. The van der Waals surface area contributed by atoms with E-state index in [2.05, 4.69) is 0 Å². The van der Waals surface area contributed by atoms with Gasteiger partial charge in [-0.15, -0.1) is 0 Å². The summed E-state index contributed by atoms with van der Waals surface area (Å²) in [6.07, 6.45) is 0. The topological polar surface area (TPSA) is 54.4 Å². The SMILES string of the molecule is CC(C)(C)[B]S(=O)(=O)O. The Morgan fingerprint density at radius 2 is 1.67 bits per heavy atom. The van der Waals surface area contributed by atoms with Gasteiger partial charge in [0.05, 0.1) is 0 Å². The van der Waals surface area contributed by atoms with Crippen LogP contribution in [-0.4, -0.2) is 19.5 Å². The van der Waals surface area contributed by atoms with Crippen molar-refractivity contribution in [3.05, 3.63) is 0 Å². The lowest BCUT2D eigenvalue weighted by Crippen LogP contribution is -2.18. The van der Waals surface area contributed by atoms with Crippen LogP contribution in [-0.2, 0) is 9.97 Å². The van der Waals surface area contributed by atoms with Crippen molar-refractivity contribution in [2.75, 3.05) is 0 Å². The molecule has 0 fully saturated rings. The highest BCUT2D eigenvalue weighted by Gasteiger charge is 2.22. The van der Waals surface area contributed by atoms with Gasteiger partial charge in [-0.3, -0.25) is 4.55 Å². The Labute approximate surface area is 56.3 Å².